The van der Waals surface area contributed by atoms with Crippen molar-refractivity contribution in [3.63, 3.8) is 0 Å². The van der Waals surface area contributed by atoms with E-state index in [1.165, 1.54) is 11.1 Å². The average Bonchev–Trinajstić information content (AvgIpc) is 2.40. The Kier molecular flexibility index (Phi) is 2.73. The number of nitrogens with one attached hydrogen (secondary N) is 1. The molecule has 86 valence electrons. The molecule has 0 saturated heterocycles. The van der Waals surface area contributed by atoms with Crippen molar-refractivity contribution >= 4 is 17.3 Å². The number of benzene rings is 1. The maximum atomic E-state index is 6.22. The second-order valence-electron chi connectivity index (χ2n) is 4.25. The predicted octanol–water partition coefficient (Wildman–Crippen LogP) is 3.68. The Hall–Kier alpha value is -1.54. The monoisotopic (exact) mass is 244 g/mol. The Morgan fingerprint density at radius 2 is 2.00 bits per heavy atom. The number of pyridine rings is 1. The number of halogens is 1. The zero-order chi connectivity index (χ0) is 11.7. The Morgan fingerprint density at radius 3 is 2.82 bits per heavy atom. The minimum Gasteiger partial charge on any atom is -0.384 e. The van der Waals surface area contributed by atoms with Gasteiger partial charge in [0.2, 0.25) is 0 Å². The van der Waals surface area contributed by atoms with Crippen molar-refractivity contribution < 1.29 is 0 Å². The molecule has 0 radical (unpaired) electrons. The van der Waals surface area contributed by atoms with E-state index in [0.717, 1.165) is 23.7 Å². The molecule has 1 aliphatic heterocycles. The number of rotatable bonds is 1. The first-order valence-corrected chi connectivity index (χ1v) is 6.16. The highest BCUT2D eigenvalue weighted by atomic mass is 35.5. The molecular formula is C14H13ClN2. The summed E-state index contributed by atoms with van der Waals surface area (Å²) in [6.45, 7) is 0.962. The second kappa shape index (κ2) is 4.38. The fourth-order valence-electron chi connectivity index (χ4n) is 2.46. The van der Waals surface area contributed by atoms with Crippen LogP contribution in [0.15, 0.2) is 42.7 Å². The first-order chi connectivity index (χ1) is 8.36. The molecule has 2 heterocycles. The van der Waals surface area contributed by atoms with Crippen LogP contribution in [0, 0.1) is 0 Å². The van der Waals surface area contributed by atoms with Gasteiger partial charge in [-0.2, -0.15) is 0 Å². The van der Waals surface area contributed by atoms with E-state index >= 15 is 0 Å². The number of aromatic nitrogens is 1. The van der Waals surface area contributed by atoms with Gasteiger partial charge in [-0.1, -0.05) is 23.7 Å². The van der Waals surface area contributed by atoms with Crippen LogP contribution in [0.3, 0.4) is 0 Å². The van der Waals surface area contributed by atoms with Gasteiger partial charge < -0.3 is 5.32 Å². The maximum Gasteiger partial charge on any atom is 0.0640 e. The van der Waals surface area contributed by atoms with Gasteiger partial charge in [0, 0.05) is 24.9 Å². The van der Waals surface area contributed by atoms with Crippen molar-refractivity contribution in [1.82, 2.24) is 4.98 Å². The largest absolute Gasteiger partial charge is 0.384 e. The highest BCUT2D eigenvalue weighted by Gasteiger charge is 2.22. The summed E-state index contributed by atoms with van der Waals surface area (Å²) in [5.74, 6) is 0.424. The molecular weight excluding hydrogens is 232 g/mol. The number of hydrogen-bond donors (Lipinski definition) is 1. The Bertz CT molecular complexity index is 525. The molecule has 1 aromatic carbocycles. The third-order valence-corrected chi connectivity index (χ3v) is 3.58. The molecule has 0 bridgehead atoms. The summed E-state index contributed by atoms with van der Waals surface area (Å²) in [5.41, 5.74) is 3.68. The van der Waals surface area contributed by atoms with E-state index in [9.17, 15) is 0 Å². The van der Waals surface area contributed by atoms with Crippen molar-refractivity contribution in [2.75, 3.05) is 11.9 Å². The van der Waals surface area contributed by atoms with Gasteiger partial charge in [0.25, 0.3) is 0 Å². The molecule has 1 unspecified atom stereocenters. The highest BCUT2D eigenvalue weighted by molar-refractivity contribution is 6.33. The Balaban J connectivity index is 2.09. The van der Waals surface area contributed by atoms with Gasteiger partial charge in [-0.15, -0.1) is 0 Å². The minimum absolute atomic E-state index is 0.424. The quantitative estimate of drug-likeness (QED) is 0.828. The van der Waals surface area contributed by atoms with Gasteiger partial charge in [-0.05, 0) is 35.7 Å². The van der Waals surface area contributed by atoms with Crippen LogP contribution in [0.4, 0.5) is 5.69 Å². The smallest absolute Gasteiger partial charge is 0.0640 e. The van der Waals surface area contributed by atoms with Gasteiger partial charge in [0.15, 0.2) is 0 Å². The van der Waals surface area contributed by atoms with Crippen LogP contribution in [0.1, 0.15) is 23.5 Å². The summed E-state index contributed by atoms with van der Waals surface area (Å²) in [5, 5.41) is 4.19. The van der Waals surface area contributed by atoms with E-state index in [1.54, 1.807) is 0 Å². The number of anilines is 1. The standard InChI is InChI=1S/C14H13ClN2/c15-13-3-1-2-12-11(6-9-17-14(12)13)10-4-7-16-8-5-10/h1-5,7-8,11,17H,6,9H2. The van der Waals surface area contributed by atoms with Crippen molar-refractivity contribution in [3.8, 4) is 0 Å². The third kappa shape index (κ3) is 1.89. The Labute approximate surface area is 106 Å². The predicted molar refractivity (Wildman–Crippen MR) is 70.6 cm³/mol. The molecule has 0 aliphatic carbocycles. The zero-order valence-corrected chi connectivity index (χ0v) is 10.1. The summed E-state index contributed by atoms with van der Waals surface area (Å²) in [4.78, 5) is 4.07. The van der Waals surface area contributed by atoms with Crippen molar-refractivity contribution in [1.29, 1.82) is 0 Å². The van der Waals surface area contributed by atoms with Crippen LogP contribution in [0.25, 0.3) is 0 Å². The van der Waals surface area contributed by atoms with Gasteiger partial charge in [0.05, 0.1) is 10.7 Å². The van der Waals surface area contributed by atoms with Crippen molar-refractivity contribution in [3.05, 3.63) is 58.9 Å². The van der Waals surface area contributed by atoms with Crippen LogP contribution < -0.4 is 5.32 Å². The molecule has 0 amide bonds. The molecule has 0 spiro atoms. The van der Waals surface area contributed by atoms with E-state index in [0.29, 0.717) is 5.92 Å². The average molecular weight is 245 g/mol. The summed E-state index contributed by atoms with van der Waals surface area (Å²) in [6.07, 6.45) is 4.79. The van der Waals surface area contributed by atoms with E-state index in [1.807, 2.05) is 24.5 Å². The summed E-state index contributed by atoms with van der Waals surface area (Å²) >= 11 is 6.22. The molecule has 17 heavy (non-hydrogen) atoms. The van der Waals surface area contributed by atoms with Crippen molar-refractivity contribution in [2.24, 2.45) is 0 Å². The lowest BCUT2D eigenvalue weighted by atomic mass is 9.86. The SMILES string of the molecule is Clc1cccc2c1NCCC2c1ccncc1. The van der Waals surface area contributed by atoms with Crippen LogP contribution in [0.2, 0.25) is 5.02 Å². The lowest BCUT2D eigenvalue weighted by Gasteiger charge is -2.27. The molecule has 2 nitrogen and oxygen atoms in total. The van der Waals surface area contributed by atoms with Crippen molar-refractivity contribution in [2.45, 2.75) is 12.3 Å². The molecule has 0 fully saturated rings. The minimum atomic E-state index is 0.424. The molecule has 2 aromatic rings. The van der Waals surface area contributed by atoms with Crippen LogP contribution in [-0.2, 0) is 0 Å². The van der Waals surface area contributed by atoms with Gasteiger partial charge in [0.1, 0.15) is 0 Å². The highest BCUT2D eigenvalue weighted by Crippen LogP contribution is 2.39. The molecule has 3 heteroatoms. The first kappa shape index (κ1) is 10.6. The van der Waals surface area contributed by atoms with E-state index in [2.05, 4.69) is 28.5 Å². The normalized spacial score (nSPS) is 18.3. The number of hydrogen-bond acceptors (Lipinski definition) is 2. The summed E-state index contributed by atoms with van der Waals surface area (Å²) in [6, 6.07) is 10.3. The number of para-hydroxylation sites is 1. The molecule has 1 N–H and O–H groups in total. The van der Waals surface area contributed by atoms with Gasteiger partial charge in [-0.25, -0.2) is 0 Å². The van der Waals surface area contributed by atoms with E-state index in [4.69, 9.17) is 11.6 Å². The number of nitrogens with zero attached hydrogens (tertiary/aromatic N) is 1. The number of fused-ring (bicyclic) bond motifs is 1. The van der Waals surface area contributed by atoms with E-state index in [-0.39, 0.29) is 0 Å². The van der Waals surface area contributed by atoms with E-state index < -0.39 is 0 Å². The molecule has 1 aliphatic rings. The summed E-state index contributed by atoms with van der Waals surface area (Å²) in [7, 11) is 0. The maximum absolute atomic E-state index is 6.22. The van der Waals surface area contributed by atoms with Gasteiger partial charge in [-0.3, -0.25) is 4.98 Å². The lowest BCUT2D eigenvalue weighted by molar-refractivity contribution is 0.719. The second-order valence-corrected chi connectivity index (χ2v) is 4.66. The first-order valence-electron chi connectivity index (χ1n) is 5.78. The molecule has 1 aromatic heterocycles. The lowest BCUT2D eigenvalue weighted by Crippen LogP contribution is -2.17. The third-order valence-electron chi connectivity index (χ3n) is 3.26. The molecule has 0 saturated carbocycles. The van der Waals surface area contributed by atoms with Gasteiger partial charge >= 0.3 is 0 Å². The molecule has 3 rings (SSSR count). The molecule has 1 atom stereocenters. The van der Waals surface area contributed by atoms with Crippen LogP contribution in [0.5, 0.6) is 0 Å². The zero-order valence-electron chi connectivity index (χ0n) is 9.36. The topological polar surface area (TPSA) is 24.9 Å². The fourth-order valence-corrected chi connectivity index (χ4v) is 2.71. The van der Waals surface area contributed by atoms with Crippen LogP contribution in [-0.4, -0.2) is 11.5 Å². The fraction of sp³-hybridized carbons (Fsp3) is 0.214. The Morgan fingerprint density at radius 1 is 1.18 bits per heavy atom. The summed E-state index contributed by atoms with van der Waals surface area (Å²) < 4.78 is 0. The van der Waals surface area contributed by atoms with Crippen LogP contribution >= 0.6 is 11.6 Å².